The fraction of sp³-hybridized carbons (Fsp3) is 0.471. The highest BCUT2D eigenvalue weighted by Gasteiger charge is 2.41. The molecule has 0 atom stereocenters. The maximum atomic E-state index is 12.6. The maximum Gasteiger partial charge on any atom is 0.272 e. The van der Waals surface area contributed by atoms with Crippen LogP contribution in [-0.2, 0) is 9.47 Å². The molecule has 7 nitrogen and oxygen atoms in total. The molecule has 0 bridgehead atoms. The van der Waals surface area contributed by atoms with E-state index in [1.54, 1.807) is 29.2 Å². The highest BCUT2D eigenvalue weighted by atomic mass is 16.7. The van der Waals surface area contributed by atoms with E-state index in [0.717, 1.165) is 0 Å². The second-order valence-corrected chi connectivity index (χ2v) is 5.81. The van der Waals surface area contributed by atoms with Gasteiger partial charge in [0, 0.05) is 32.5 Å². The first-order valence-electron chi connectivity index (χ1n) is 8.07. The van der Waals surface area contributed by atoms with Crippen LogP contribution in [0.15, 0.2) is 30.9 Å². The number of hydrogen-bond acceptors (Lipinski definition) is 5. The second kappa shape index (κ2) is 7.11. The van der Waals surface area contributed by atoms with Gasteiger partial charge in [0.25, 0.3) is 11.8 Å². The van der Waals surface area contributed by atoms with E-state index >= 15 is 0 Å². The van der Waals surface area contributed by atoms with Crippen LogP contribution in [0.4, 0.5) is 0 Å². The molecule has 0 saturated carbocycles. The monoisotopic (exact) mass is 331 g/mol. The number of hydrogen-bond donors (Lipinski definition) is 1. The van der Waals surface area contributed by atoms with Crippen LogP contribution in [0.1, 0.15) is 33.8 Å². The van der Waals surface area contributed by atoms with Crippen LogP contribution in [0, 0.1) is 0 Å². The van der Waals surface area contributed by atoms with Crippen molar-refractivity contribution in [3.8, 4) is 0 Å². The predicted molar refractivity (Wildman–Crippen MR) is 86.5 cm³/mol. The number of nitrogens with one attached hydrogen (secondary N) is 1. The van der Waals surface area contributed by atoms with Crippen LogP contribution < -0.4 is 5.32 Å². The summed E-state index contributed by atoms with van der Waals surface area (Å²) >= 11 is 0. The van der Waals surface area contributed by atoms with Crippen LogP contribution in [-0.4, -0.2) is 60.3 Å². The summed E-state index contributed by atoms with van der Waals surface area (Å²) in [6, 6.07) is 4.87. The molecule has 1 N–H and O–H groups in total. The lowest BCUT2D eigenvalue weighted by Gasteiger charge is -2.37. The molecule has 2 saturated heterocycles. The van der Waals surface area contributed by atoms with Gasteiger partial charge < -0.3 is 19.7 Å². The Morgan fingerprint density at radius 3 is 2.58 bits per heavy atom. The van der Waals surface area contributed by atoms with Crippen molar-refractivity contribution in [2.45, 2.75) is 18.6 Å². The van der Waals surface area contributed by atoms with E-state index in [2.05, 4.69) is 16.9 Å². The third-order valence-electron chi connectivity index (χ3n) is 4.23. The molecular weight excluding hydrogens is 310 g/mol. The molecule has 0 radical (unpaired) electrons. The van der Waals surface area contributed by atoms with E-state index in [9.17, 15) is 9.59 Å². The first-order valence-corrected chi connectivity index (χ1v) is 8.07. The third-order valence-corrected chi connectivity index (χ3v) is 4.23. The zero-order chi connectivity index (χ0) is 17.0. The summed E-state index contributed by atoms with van der Waals surface area (Å²) in [7, 11) is 0. The number of ether oxygens (including phenoxy) is 2. The molecule has 0 aromatic carbocycles. The van der Waals surface area contributed by atoms with Gasteiger partial charge in [-0.15, -0.1) is 6.58 Å². The molecule has 2 fully saturated rings. The third kappa shape index (κ3) is 3.47. The van der Waals surface area contributed by atoms with Gasteiger partial charge in [0.15, 0.2) is 5.79 Å². The quantitative estimate of drug-likeness (QED) is 0.832. The minimum Gasteiger partial charge on any atom is -0.347 e. The molecule has 2 aliphatic heterocycles. The number of carbonyl (C=O) groups is 2. The number of rotatable bonds is 4. The highest BCUT2D eigenvalue weighted by molar-refractivity contribution is 5.96. The van der Waals surface area contributed by atoms with Crippen molar-refractivity contribution in [3.63, 3.8) is 0 Å². The summed E-state index contributed by atoms with van der Waals surface area (Å²) in [5, 5.41) is 2.65. The first-order chi connectivity index (χ1) is 11.6. The van der Waals surface area contributed by atoms with Crippen LogP contribution in [0.3, 0.4) is 0 Å². The number of aromatic nitrogens is 1. The maximum absolute atomic E-state index is 12.6. The van der Waals surface area contributed by atoms with E-state index in [1.807, 2.05) is 0 Å². The fourth-order valence-corrected chi connectivity index (χ4v) is 2.93. The second-order valence-electron chi connectivity index (χ2n) is 5.81. The van der Waals surface area contributed by atoms with Crippen molar-refractivity contribution in [1.29, 1.82) is 0 Å². The van der Waals surface area contributed by atoms with Gasteiger partial charge in [-0.25, -0.2) is 4.98 Å². The smallest absolute Gasteiger partial charge is 0.272 e. The minimum absolute atomic E-state index is 0.179. The Hall–Kier alpha value is -2.25. The average molecular weight is 331 g/mol. The van der Waals surface area contributed by atoms with Gasteiger partial charge in [-0.1, -0.05) is 12.1 Å². The lowest BCUT2D eigenvalue weighted by atomic mass is 10.0. The van der Waals surface area contributed by atoms with Gasteiger partial charge in [0.2, 0.25) is 0 Å². The summed E-state index contributed by atoms with van der Waals surface area (Å²) in [4.78, 5) is 30.5. The van der Waals surface area contributed by atoms with E-state index in [1.165, 1.54) is 0 Å². The van der Waals surface area contributed by atoms with Crippen molar-refractivity contribution < 1.29 is 19.1 Å². The Morgan fingerprint density at radius 2 is 1.92 bits per heavy atom. The Balaban J connectivity index is 1.65. The standard InChI is InChI=1S/C17H21N3O4/c1-2-8-18-15(21)13-4-3-5-14(19-13)16(22)20-9-6-17(7-10-20)23-11-12-24-17/h2-5H,1,6-12H2,(H,18,21). The van der Waals surface area contributed by atoms with Crippen LogP contribution in [0.2, 0.25) is 0 Å². The van der Waals surface area contributed by atoms with E-state index in [-0.39, 0.29) is 23.2 Å². The molecule has 1 spiro atoms. The van der Waals surface area contributed by atoms with Gasteiger partial charge in [-0.3, -0.25) is 9.59 Å². The molecule has 1 aromatic heterocycles. The summed E-state index contributed by atoms with van der Waals surface area (Å²) in [6.45, 7) is 6.22. The van der Waals surface area contributed by atoms with Crippen LogP contribution in [0.25, 0.3) is 0 Å². The summed E-state index contributed by atoms with van der Waals surface area (Å²) in [6.07, 6.45) is 2.89. The number of pyridine rings is 1. The SMILES string of the molecule is C=CCNC(=O)c1cccc(C(=O)N2CCC3(CC2)OCCO3)n1. The largest absolute Gasteiger partial charge is 0.347 e. The molecule has 24 heavy (non-hydrogen) atoms. The van der Waals surface area contributed by atoms with Gasteiger partial charge in [-0.05, 0) is 12.1 Å². The number of piperidine rings is 1. The zero-order valence-corrected chi connectivity index (χ0v) is 13.5. The molecule has 3 heterocycles. The Bertz CT molecular complexity index is 630. The molecule has 2 amide bonds. The normalized spacial score (nSPS) is 19.2. The number of likely N-dealkylation sites (tertiary alicyclic amines) is 1. The number of amides is 2. The van der Waals surface area contributed by atoms with Gasteiger partial charge >= 0.3 is 0 Å². The Kier molecular flexibility index (Phi) is 4.92. The summed E-state index contributed by atoms with van der Waals surface area (Å²) in [5.41, 5.74) is 0.490. The molecule has 2 aliphatic rings. The molecule has 0 aliphatic carbocycles. The van der Waals surface area contributed by atoms with Gasteiger partial charge in [0.05, 0.1) is 13.2 Å². The van der Waals surface area contributed by atoms with Crippen molar-refractivity contribution in [3.05, 3.63) is 42.2 Å². The first kappa shape index (κ1) is 16.6. The molecular formula is C17H21N3O4. The van der Waals surface area contributed by atoms with E-state index in [0.29, 0.717) is 45.7 Å². The summed E-state index contributed by atoms with van der Waals surface area (Å²) < 4.78 is 11.3. The molecule has 3 rings (SSSR count). The number of carbonyl (C=O) groups excluding carboxylic acids is 2. The average Bonchev–Trinajstić information content (AvgIpc) is 3.08. The van der Waals surface area contributed by atoms with Crippen molar-refractivity contribution in [2.75, 3.05) is 32.8 Å². The van der Waals surface area contributed by atoms with E-state index < -0.39 is 5.79 Å². The van der Waals surface area contributed by atoms with Gasteiger partial charge in [0.1, 0.15) is 11.4 Å². The topological polar surface area (TPSA) is 80.8 Å². The summed E-state index contributed by atoms with van der Waals surface area (Å²) in [5.74, 6) is -1.02. The van der Waals surface area contributed by atoms with Crippen LogP contribution >= 0.6 is 0 Å². The van der Waals surface area contributed by atoms with Crippen molar-refractivity contribution >= 4 is 11.8 Å². The van der Waals surface area contributed by atoms with Crippen LogP contribution in [0.5, 0.6) is 0 Å². The lowest BCUT2D eigenvalue weighted by molar-refractivity contribution is -0.181. The molecule has 0 unspecified atom stereocenters. The van der Waals surface area contributed by atoms with E-state index in [4.69, 9.17) is 9.47 Å². The molecule has 7 heteroatoms. The predicted octanol–water partition coefficient (Wildman–Crippen LogP) is 0.976. The van der Waals surface area contributed by atoms with Crippen molar-refractivity contribution in [2.24, 2.45) is 0 Å². The Labute approximate surface area is 140 Å². The highest BCUT2D eigenvalue weighted by Crippen LogP contribution is 2.31. The number of nitrogens with zero attached hydrogens (tertiary/aromatic N) is 2. The lowest BCUT2D eigenvalue weighted by Crippen LogP contribution is -2.47. The minimum atomic E-state index is -0.517. The van der Waals surface area contributed by atoms with Gasteiger partial charge in [-0.2, -0.15) is 0 Å². The zero-order valence-electron chi connectivity index (χ0n) is 13.5. The van der Waals surface area contributed by atoms with Crippen molar-refractivity contribution in [1.82, 2.24) is 15.2 Å². The fourth-order valence-electron chi connectivity index (χ4n) is 2.93. The Morgan fingerprint density at radius 1 is 1.25 bits per heavy atom. The molecule has 1 aromatic rings. The molecule has 128 valence electrons.